The Balaban J connectivity index is -0.00000160. The molecule has 10 heterocycles. The van der Waals surface area contributed by atoms with E-state index in [1.54, 1.807) is 36.7 Å². The first-order valence-electron chi connectivity index (χ1n) is 48.0. The van der Waals surface area contributed by atoms with Gasteiger partial charge in [-0.15, -0.1) is 58.0 Å². The van der Waals surface area contributed by atoms with Gasteiger partial charge in [0.05, 0.1) is 47.6 Å². The van der Waals surface area contributed by atoms with Gasteiger partial charge in [-0.2, -0.15) is 0 Å². The summed E-state index contributed by atoms with van der Waals surface area (Å²) in [6, 6.07) is 33.3. The van der Waals surface area contributed by atoms with Crippen molar-refractivity contribution in [3.8, 4) is 0 Å². The molecule has 0 aliphatic carbocycles. The molecule has 10 saturated heterocycles. The molecule has 10 aliphatic rings. The number of ketones is 1. The van der Waals surface area contributed by atoms with Crippen LogP contribution in [0, 0.1) is 11.8 Å². The van der Waals surface area contributed by atoms with Gasteiger partial charge in [-0.25, -0.2) is 28.8 Å². The zero-order valence-corrected chi connectivity index (χ0v) is 106. The molecule has 33 nitrogen and oxygen atoms in total. The second-order valence-corrected chi connectivity index (χ2v) is 48.2. The van der Waals surface area contributed by atoms with Gasteiger partial charge in [0.25, 0.3) is 0 Å². The molecule has 9 N–H and O–H groups in total. The first-order chi connectivity index (χ1) is 68.0. The molecule has 842 valence electrons. The smallest absolute Gasteiger partial charge is 1.00 e. The SMILES string of the molecule is C=CCOC(=O)Cl.C=CCOC(=O)N1CC[C@@H](N2CCC(Br)C2=O)C1.C=CCOC(=O)N1CC[C@@H](N2CCC(C)C2=O)C1.CC(C)(C)OC(=O)N1CC[C@@H](CC(=O)C(Br)CCCl)C1.CC(C)(C)OC(=O)N1CC[C@@H](N)C1.CC(C)(C)OC(=O)N1CC[C@@H](N2CCC(Br)C2=O)C1.ClCCl.N.O.O=C(Cl)C(Br)CCCl.O=C(Cl)CCCCl.O=C1C(Br)CCN1[C@@H]1CCNC1.[Br-].[Na+].[OH-].c1ccc(P(c2ccccc2)c2ccccc2)cc1. The van der Waals surface area contributed by atoms with Crippen LogP contribution >= 0.6 is 180 Å². The van der Waals surface area contributed by atoms with Gasteiger partial charge in [0.15, 0.2) is 0 Å². The molecule has 6 unspecified atom stereocenters. The Morgan fingerprint density at radius 1 is 0.463 bits per heavy atom. The maximum Gasteiger partial charge on any atom is 1.00 e. The number of nitrogens with two attached hydrogens (primary N) is 1. The minimum absolute atomic E-state index is 0. The third kappa shape index (κ3) is 59.5. The van der Waals surface area contributed by atoms with Crippen LogP contribution in [0.4, 0.5) is 28.8 Å². The Morgan fingerprint density at radius 2 is 0.792 bits per heavy atom. The summed E-state index contributed by atoms with van der Waals surface area (Å²) in [7, 11) is -0.446. The minimum atomic E-state index is -0.792. The zero-order valence-electron chi connectivity index (χ0n) is 87.1. The summed E-state index contributed by atoms with van der Waals surface area (Å²) in [6.45, 7) is 41.3. The van der Waals surface area contributed by atoms with Gasteiger partial charge in [-0.1, -0.05) is 216 Å². The van der Waals surface area contributed by atoms with Gasteiger partial charge < -0.3 is 118 Å². The van der Waals surface area contributed by atoms with Gasteiger partial charge in [-0.3, -0.25) is 33.6 Å². The summed E-state index contributed by atoms with van der Waals surface area (Å²) in [4.78, 5) is 163. The van der Waals surface area contributed by atoms with Gasteiger partial charge in [0.2, 0.25) is 34.1 Å². The topological polar surface area (TPSA) is 441 Å². The van der Waals surface area contributed by atoms with Crippen molar-refractivity contribution in [1.29, 1.82) is 0 Å². The number of nitrogens with one attached hydrogen (secondary N) is 1. The van der Waals surface area contributed by atoms with E-state index in [-0.39, 0.29) is 219 Å². The molecule has 3 aromatic rings. The molecular formula is C100H151Br6Cl8N12NaO21P-. The van der Waals surface area contributed by atoms with Crippen molar-refractivity contribution in [2.75, 3.05) is 148 Å². The third-order valence-electron chi connectivity index (χ3n) is 22.6. The number of Topliss-reactive ketones (excluding diaryl/α,β-unsaturated/α-hetero) is 1. The van der Waals surface area contributed by atoms with E-state index in [0.29, 0.717) is 115 Å². The average Bonchev–Trinajstić information content (AvgIpc) is 1.71. The van der Waals surface area contributed by atoms with E-state index in [1.807, 2.05) is 88.8 Å². The van der Waals surface area contributed by atoms with Crippen molar-refractivity contribution in [2.45, 2.75) is 237 Å². The number of benzene rings is 3. The average molecular weight is 2670 g/mol. The van der Waals surface area contributed by atoms with E-state index in [4.69, 9.17) is 122 Å². The molecule has 149 heavy (non-hydrogen) atoms. The molecule has 13 rings (SSSR count). The predicted molar refractivity (Wildman–Crippen MR) is 607 cm³/mol. The normalized spacial score (nSPS) is 21.0. The van der Waals surface area contributed by atoms with E-state index in [9.17, 15) is 62.3 Å². The predicted octanol–water partition coefficient (Wildman–Crippen LogP) is 13.0. The second kappa shape index (κ2) is 80.7. The number of carbonyl (C=O) groups excluding carboxylic acids is 13. The number of ether oxygens (including phenoxy) is 6. The standard InChI is InChI=1S/C18H15P.C14H23BrClNO3.C13H21BrN2O3.C13H20N2O3.C12H17BrN2O3.C9H18N2O2.C8H13BrN2O.C4H5BrCl2O.C4H6Cl2O.C4H5ClO2.CH2Cl2.BrH.H3N.Na.2H2O/c1-4-10-16(11-5-1)19(17-12-6-2-7-13-17)18-14-8-3-9-15-18;1-14(2,3)20-13(19)17-7-5-10(9-17)8-12(18)11(15)4-6-16;1-13(2,3)19-12(18)15-6-4-9(8-15)16-7-5-10(14)11(16)17;1-3-8-18-13(17)14-6-5-11(9-14)15-7-4-10(2)12(15)16;1-2-7-18-12(17)14-5-3-9(8-14)15-6-4-10(13)11(15)16;1-9(2,3)13-8(12)11-5-4-7(10)6-11;9-7-2-4-11(8(7)12)6-1-3-10-5-6;5-3(1-2-6)4(7)8;5-3-1-2-4(6)7;1-2-3-7-4(5)6;2-1-3;;;;;/h1-15H;10-11H,4-9H2,1-3H3;9-10H,4-8H2,1-3H3;3,10-11H,1,4-9H2,2H3;2,9-10H,1,3-8H2;7H,4-6,10H2,1-3H3;6-7,10H,1-5H2;3H,1-2H2;1-3H2;2H,1,3H2;1H2;1H;1H3;;2*1H2/q;;;;;;;;;;;;;+1;;/p-2/t;10-,11?;9-,10?;10?,11-;9-,10?;7-;6-,7?;;;;;;;;;/m.011111........./s1. The van der Waals surface area contributed by atoms with E-state index in [1.165, 1.54) is 22.0 Å². The summed E-state index contributed by atoms with van der Waals surface area (Å²) in [5.41, 5.74) is 3.52. The molecule has 12 atom stereocenters. The maximum absolute atomic E-state index is 12.0. The summed E-state index contributed by atoms with van der Waals surface area (Å²) in [5, 5.41) is 6.98. The van der Waals surface area contributed by atoms with Gasteiger partial charge >= 0.3 is 65.5 Å². The van der Waals surface area contributed by atoms with E-state index >= 15 is 0 Å². The Bertz CT molecular complexity index is 4300. The Kier molecular flexibility index (Phi) is 80.8. The maximum atomic E-state index is 12.0. The number of carbonyl (C=O) groups is 13. The molecule has 0 spiro atoms. The van der Waals surface area contributed by atoms with Crippen LogP contribution in [0.5, 0.6) is 0 Å². The fraction of sp³-hybridized carbons (Fsp3) is 0.630. The van der Waals surface area contributed by atoms with Crippen molar-refractivity contribution >= 4 is 272 Å². The van der Waals surface area contributed by atoms with Crippen LogP contribution in [0.2, 0.25) is 0 Å². The fourth-order valence-electron chi connectivity index (χ4n) is 15.6. The van der Waals surface area contributed by atoms with Crippen LogP contribution in [-0.2, 0) is 62.0 Å². The molecule has 0 aromatic heterocycles. The number of hydrogen-bond acceptors (Lipinski definition) is 23. The minimum Gasteiger partial charge on any atom is -1.00 e. The van der Waals surface area contributed by atoms with E-state index in [2.05, 4.69) is 200 Å². The first-order valence-corrected chi connectivity index (χ1v) is 57.7. The second-order valence-electron chi connectivity index (χ2n) is 37.5. The quantitative estimate of drug-likeness (QED) is 0.0187. The molecule has 49 heteroatoms. The summed E-state index contributed by atoms with van der Waals surface area (Å²) < 4.78 is 30.1. The largest absolute Gasteiger partial charge is 1.00 e. The summed E-state index contributed by atoms with van der Waals surface area (Å²) in [6.07, 6.45) is 14.8. The molecule has 9 amide bonds. The van der Waals surface area contributed by atoms with Gasteiger partial charge in [-0.05, 0) is 205 Å². The first kappa shape index (κ1) is 149. The number of likely N-dealkylation sites (tertiary alicyclic amines) is 9. The molecule has 0 bridgehead atoms. The van der Waals surface area contributed by atoms with Crippen LogP contribution in [0.1, 0.15) is 166 Å². The van der Waals surface area contributed by atoms with Crippen LogP contribution in [-0.4, -0.2) is 350 Å². The van der Waals surface area contributed by atoms with Crippen molar-refractivity contribution in [3.05, 3.63) is 129 Å². The van der Waals surface area contributed by atoms with Crippen molar-refractivity contribution < 1.29 is 148 Å². The number of hydrogen-bond donors (Lipinski definition) is 3. The molecular weight excluding hydrogens is 2520 g/mol. The van der Waals surface area contributed by atoms with Crippen LogP contribution in [0.25, 0.3) is 0 Å². The van der Waals surface area contributed by atoms with Gasteiger partial charge in [0.1, 0.15) is 42.4 Å². The molecule has 10 fully saturated rings. The number of amides is 9. The molecule has 10 aliphatic heterocycles. The van der Waals surface area contributed by atoms with Crippen LogP contribution in [0.15, 0.2) is 129 Å². The van der Waals surface area contributed by atoms with E-state index < -0.39 is 30.2 Å². The summed E-state index contributed by atoms with van der Waals surface area (Å²) >= 11 is 57.0. The van der Waals surface area contributed by atoms with Gasteiger partial charge in [0, 0.05) is 158 Å². The third-order valence-corrected chi connectivity index (χ3v) is 31.0. The van der Waals surface area contributed by atoms with Crippen molar-refractivity contribution in [1.82, 2.24) is 55.6 Å². The molecule has 0 saturated carbocycles. The zero-order chi connectivity index (χ0) is 108. The number of rotatable bonds is 24. The van der Waals surface area contributed by atoms with E-state index in [0.717, 1.165) is 110 Å². The monoisotopic (exact) mass is 2660 g/mol. The Labute approximate surface area is 996 Å². The summed E-state index contributed by atoms with van der Waals surface area (Å²) in [5.74, 6) is 2.75. The van der Waals surface area contributed by atoms with Crippen molar-refractivity contribution in [2.24, 2.45) is 17.6 Å². The Morgan fingerprint density at radius 3 is 1.07 bits per heavy atom. The number of nitrogens with zero attached hydrogens (tertiary/aromatic N) is 9. The Hall–Kier alpha value is -3.98. The van der Waals surface area contributed by atoms with Crippen molar-refractivity contribution in [3.63, 3.8) is 0 Å². The number of alkyl halides is 10. The number of halogens is 14. The van der Waals surface area contributed by atoms with Crippen LogP contribution in [0.3, 0.4) is 0 Å². The molecule has 3 aromatic carbocycles. The molecule has 0 radical (unpaired) electrons. The van der Waals surface area contributed by atoms with Crippen LogP contribution < -0.4 is 79.7 Å². The fourth-order valence-corrected chi connectivity index (χ4v) is 21.4.